The Kier molecular flexibility index (Phi) is 4.73. The largest absolute Gasteiger partial charge is 0.481 e. The fourth-order valence-corrected chi connectivity index (χ4v) is 4.73. The van der Waals surface area contributed by atoms with Crippen LogP contribution in [0.3, 0.4) is 0 Å². The first-order valence-electron chi connectivity index (χ1n) is 9.44. The Labute approximate surface area is 183 Å². The highest BCUT2D eigenvalue weighted by Crippen LogP contribution is 2.44. The molecule has 0 fully saturated rings. The van der Waals surface area contributed by atoms with Crippen LogP contribution in [0.25, 0.3) is 0 Å². The van der Waals surface area contributed by atoms with Crippen LogP contribution < -0.4 is 10.1 Å². The van der Waals surface area contributed by atoms with E-state index in [4.69, 9.17) is 4.74 Å². The molecule has 6 nitrogen and oxygen atoms in total. The van der Waals surface area contributed by atoms with Crippen LogP contribution >= 0.6 is 11.8 Å². The number of nitrogens with zero attached hydrogens (tertiary/aromatic N) is 3. The van der Waals surface area contributed by atoms with Gasteiger partial charge >= 0.3 is 6.18 Å². The topological polar surface area (TPSA) is 68.5 Å². The van der Waals surface area contributed by atoms with Gasteiger partial charge in [0.2, 0.25) is 0 Å². The van der Waals surface area contributed by atoms with Gasteiger partial charge in [-0.3, -0.25) is 4.79 Å². The molecular formula is C21H14F4N4O2S. The number of benzene rings is 2. The summed E-state index contributed by atoms with van der Waals surface area (Å²) in [5.74, 6) is -0.215. The minimum absolute atomic E-state index is 0.0710. The van der Waals surface area contributed by atoms with E-state index in [1.54, 1.807) is 31.2 Å². The molecule has 1 N–H and O–H groups in total. The van der Waals surface area contributed by atoms with Crippen LogP contribution in [0.15, 0.2) is 52.9 Å². The van der Waals surface area contributed by atoms with E-state index >= 15 is 0 Å². The quantitative estimate of drug-likeness (QED) is 0.557. The van der Waals surface area contributed by atoms with Crippen molar-refractivity contribution in [1.29, 1.82) is 0 Å². The number of nitrogens with one attached hydrogen (secondary N) is 1. The van der Waals surface area contributed by atoms with E-state index < -0.39 is 22.9 Å². The molecule has 32 heavy (non-hydrogen) atoms. The summed E-state index contributed by atoms with van der Waals surface area (Å²) in [5.41, 5.74) is 1.80. The predicted octanol–water partition coefficient (Wildman–Crippen LogP) is 4.78. The number of anilines is 1. The number of halogens is 4. The number of aryl methyl sites for hydroxylation is 1. The molecule has 11 heteroatoms. The third-order valence-electron chi connectivity index (χ3n) is 5.00. The number of aromatic nitrogens is 2. The molecular weight excluding hydrogens is 448 g/mol. The molecule has 0 saturated carbocycles. The lowest BCUT2D eigenvalue weighted by atomic mass is 9.98. The summed E-state index contributed by atoms with van der Waals surface area (Å²) in [7, 11) is 0. The lowest BCUT2D eigenvalue weighted by Gasteiger charge is -2.26. The van der Waals surface area contributed by atoms with Gasteiger partial charge in [-0.25, -0.2) is 14.1 Å². The number of alkyl halides is 3. The number of carbonyl (C=O) groups is 1. The van der Waals surface area contributed by atoms with Crippen molar-refractivity contribution in [2.75, 3.05) is 11.9 Å². The molecule has 1 unspecified atom stereocenters. The zero-order valence-electron chi connectivity index (χ0n) is 16.4. The molecule has 164 valence electrons. The number of hydrogen-bond acceptors (Lipinski definition) is 5. The zero-order chi connectivity index (χ0) is 22.6. The second-order valence-corrected chi connectivity index (χ2v) is 8.36. The van der Waals surface area contributed by atoms with E-state index in [1.807, 2.05) is 0 Å². The second kappa shape index (κ2) is 7.37. The predicted molar refractivity (Wildman–Crippen MR) is 109 cm³/mol. The molecule has 2 aliphatic rings. The summed E-state index contributed by atoms with van der Waals surface area (Å²) in [6, 6.07) is 9.13. The first-order valence-corrected chi connectivity index (χ1v) is 10.3. The fraction of sp³-hybridized carbons (Fsp3) is 0.190. The van der Waals surface area contributed by atoms with Gasteiger partial charge in [0, 0.05) is 5.56 Å². The minimum Gasteiger partial charge on any atom is -0.481 e. The van der Waals surface area contributed by atoms with Crippen LogP contribution in [0, 0.1) is 12.7 Å². The minimum atomic E-state index is -4.62. The molecule has 0 bridgehead atoms. The van der Waals surface area contributed by atoms with E-state index in [-0.39, 0.29) is 17.7 Å². The monoisotopic (exact) mass is 462 g/mol. The summed E-state index contributed by atoms with van der Waals surface area (Å²) in [5, 5.41) is 6.70. The van der Waals surface area contributed by atoms with Gasteiger partial charge in [-0.2, -0.15) is 18.3 Å². The van der Waals surface area contributed by atoms with Crippen LogP contribution in [0.1, 0.15) is 27.6 Å². The Balaban J connectivity index is 1.66. The van der Waals surface area contributed by atoms with Crippen LogP contribution in [0.4, 0.5) is 23.2 Å². The first kappa shape index (κ1) is 20.6. The molecule has 1 aromatic heterocycles. The summed E-state index contributed by atoms with van der Waals surface area (Å²) < 4.78 is 59.7. The maximum Gasteiger partial charge on any atom is 0.434 e. The number of hydrogen-bond donors (Lipinski definition) is 1. The van der Waals surface area contributed by atoms with E-state index in [1.165, 1.54) is 12.1 Å². The molecule has 3 heterocycles. The highest BCUT2D eigenvalue weighted by molar-refractivity contribution is 8.00. The number of imidazole rings is 1. The molecule has 3 aromatic rings. The van der Waals surface area contributed by atoms with Gasteiger partial charge in [-0.05, 0) is 42.3 Å². The van der Waals surface area contributed by atoms with Crippen molar-refractivity contribution in [3.63, 3.8) is 0 Å². The molecule has 0 aliphatic carbocycles. The van der Waals surface area contributed by atoms with Gasteiger partial charge in [-0.1, -0.05) is 23.9 Å². The highest BCUT2D eigenvalue weighted by Gasteiger charge is 2.37. The summed E-state index contributed by atoms with van der Waals surface area (Å²) in [6.45, 7) is 1.70. The molecule has 0 radical (unpaired) electrons. The van der Waals surface area contributed by atoms with Crippen molar-refractivity contribution in [2.45, 2.75) is 23.5 Å². The Morgan fingerprint density at radius 3 is 2.69 bits per heavy atom. The molecule has 2 aromatic carbocycles. The van der Waals surface area contributed by atoms with Crippen LogP contribution in [0.5, 0.6) is 5.75 Å². The third-order valence-corrected chi connectivity index (χ3v) is 6.22. The average Bonchev–Trinajstić information content (AvgIpc) is 3.17. The number of fused-ring (bicyclic) bond motifs is 2. The van der Waals surface area contributed by atoms with Crippen LogP contribution in [-0.4, -0.2) is 27.9 Å². The summed E-state index contributed by atoms with van der Waals surface area (Å²) in [6.07, 6.45) is -3.78. The molecule has 0 spiro atoms. The van der Waals surface area contributed by atoms with E-state index in [0.717, 1.165) is 28.2 Å². The molecule has 1 amide bonds. The van der Waals surface area contributed by atoms with Crippen molar-refractivity contribution in [3.05, 3.63) is 70.8 Å². The summed E-state index contributed by atoms with van der Waals surface area (Å²) in [4.78, 5) is 15.5. The summed E-state index contributed by atoms with van der Waals surface area (Å²) >= 11 is 1.08. The zero-order valence-corrected chi connectivity index (χ0v) is 17.2. The van der Waals surface area contributed by atoms with Crippen molar-refractivity contribution in [1.82, 2.24) is 9.66 Å². The maximum atomic E-state index is 13.5. The SMILES string of the molecule is Cc1cc(C2=Nn3cc(C(F)(F)F)nc3SC2c2ccc(F)cc2)cc2c1OCC(=O)N2. The number of rotatable bonds is 2. The van der Waals surface area contributed by atoms with Gasteiger partial charge in [0.25, 0.3) is 5.91 Å². The van der Waals surface area contributed by atoms with E-state index in [2.05, 4.69) is 15.4 Å². The molecule has 2 aliphatic heterocycles. The standard InChI is InChI=1S/C21H14F4N4O2S/c1-10-6-12(7-14-18(10)31-9-16(30)26-14)17-19(11-2-4-13(22)5-3-11)32-20-27-15(21(23,24)25)8-29(20)28-17/h2-8,19H,9H2,1H3,(H,26,30). The average molecular weight is 462 g/mol. The van der Waals surface area contributed by atoms with Gasteiger partial charge in [0.1, 0.15) is 11.6 Å². The smallest absolute Gasteiger partial charge is 0.434 e. The van der Waals surface area contributed by atoms with Crippen LogP contribution in [-0.2, 0) is 11.0 Å². The number of thioether (sulfide) groups is 1. The Bertz CT molecular complexity index is 1270. The van der Waals surface area contributed by atoms with Gasteiger partial charge < -0.3 is 10.1 Å². The van der Waals surface area contributed by atoms with Crippen molar-refractivity contribution in [3.8, 4) is 5.75 Å². The highest BCUT2D eigenvalue weighted by atomic mass is 32.2. The lowest BCUT2D eigenvalue weighted by Crippen LogP contribution is -2.26. The Hall–Kier alpha value is -3.34. The number of carbonyl (C=O) groups excluding carboxylic acids is 1. The van der Waals surface area contributed by atoms with Crippen LogP contribution in [0.2, 0.25) is 0 Å². The number of ether oxygens (including phenoxy) is 1. The lowest BCUT2D eigenvalue weighted by molar-refractivity contribution is -0.141. The number of amides is 1. The third kappa shape index (κ3) is 3.62. The Morgan fingerprint density at radius 1 is 1.22 bits per heavy atom. The van der Waals surface area contributed by atoms with Gasteiger partial charge in [0.15, 0.2) is 17.5 Å². The molecule has 1 atom stereocenters. The van der Waals surface area contributed by atoms with E-state index in [9.17, 15) is 22.4 Å². The van der Waals surface area contributed by atoms with E-state index in [0.29, 0.717) is 28.3 Å². The maximum absolute atomic E-state index is 13.5. The van der Waals surface area contributed by atoms with Gasteiger partial charge in [-0.15, -0.1) is 0 Å². The van der Waals surface area contributed by atoms with Crippen molar-refractivity contribution in [2.24, 2.45) is 5.10 Å². The van der Waals surface area contributed by atoms with Crippen molar-refractivity contribution < 1.29 is 27.1 Å². The Morgan fingerprint density at radius 2 is 1.97 bits per heavy atom. The van der Waals surface area contributed by atoms with Gasteiger partial charge in [0.05, 0.1) is 22.8 Å². The fourth-order valence-electron chi connectivity index (χ4n) is 3.58. The molecule has 0 saturated heterocycles. The van der Waals surface area contributed by atoms with Crippen molar-refractivity contribution >= 4 is 29.1 Å². The first-order chi connectivity index (χ1) is 15.2. The molecule has 5 rings (SSSR count). The normalized spacial score (nSPS) is 17.7. The second-order valence-electron chi connectivity index (χ2n) is 7.29.